The number of rotatable bonds is 3. The van der Waals surface area contributed by atoms with Crippen LogP contribution in [0.25, 0.3) is 0 Å². The first-order valence-corrected chi connectivity index (χ1v) is 5.43. The molecule has 1 fully saturated rings. The highest BCUT2D eigenvalue weighted by Gasteiger charge is 2.38. The monoisotopic (exact) mass is 263 g/mol. The van der Waals surface area contributed by atoms with E-state index in [2.05, 4.69) is 20.5 Å². The normalized spacial score (nSPS) is 20.1. The summed E-state index contributed by atoms with van der Waals surface area (Å²) in [6.07, 6.45) is -3.98. The summed E-state index contributed by atoms with van der Waals surface area (Å²) in [5.74, 6) is -1.03. The van der Waals surface area contributed by atoms with E-state index >= 15 is 0 Å². The number of nitrogens with one attached hydrogen (secondary N) is 3. The van der Waals surface area contributed by atoms with E-state index in [9.17, 15) is 18.0 Å². The minimum Gasteiger partial charge on any atom is -0.341 e. The van der Waals surface area contributed by atoms with E-state index < -0.39 is 12.1 Å². The molecule has 1 aliphatic rings. The predicted octanol–water partition coefficient (Wildman–Crippen LogP) is 0.0601. The van der Waals surface area contributed by atoms with Crippen LogP contribution in [0.4, 0.5) is 13.2 Å². The minimum atomic E-state index is -4.88. The average Bonchev–Trinajstić information content (AvgIpc) is 2.94. The first-order chi connectivity index (χ1) is 8.47. The van der Waals surface area contributed by atoms with Crippen LogP contribution in [0.5, 0.6) is 0 Å². The maximum atomic E-state index is 11.9. The van der Waals surface area contributed by atoms with E-state index in [0.717, 1.165) is 19.5 Å². The summed E-state index contributed by atoms with van der Waals surface area (Å²) in [5, 5.41) is 11.3. The van der Waals surface area contributed by atoms with Gasteiger partial charge in [0.1, 0.15) is 5.82 Å². The maximum Gasteiger partial charge on any atom is 0.471 e. The Hall–Kier alpha value is -1.64. The van der Waals surface area contributed by atoms with Gasteiger partial charge in [-0.3, -0.25) is 9.89 Å². The predicted molar refractivity (Wildman–Crippen MR) is 54.5 cm³/mol. The van der Waals surface area contributed by atoms with Gasteiger partial charge in [-0.1, -0.05) is 0 Å². The molecule has 0 spiro atoms. The molecule has 3 N–H and O–H groups in total. The number of carbonyl (C=O) groups is 1. The van der Waals surface area contributed by atoms with Gasteiger partial charge in [-0.25, -0.2) is 4.98 Å². The van der Waals surface area contributed by atoms with Crippen LogP contribution in [-0.2, 0) is 11.3 Å². The van der Waals surface area contributed by atoms with Gasteiger partial charge in [-0.05, 0) is 13.0 Å². The summed E-state index contributed by atoms with van der Waals surface area (Å²) in [6, 6.07) is 0. The number of aromatic nitrogens is 3. The van der Waals surface area contributed by atoms with Crippen molar-refractivity contribution in [1.82, 2.24) is 25.8 Å². The lowest BCUT2D eigenvalue weighted by molar-refractivity contribution is -0.173. The fourth-order valence-corrected chi connectivity index (χ4v) is 1.71. The minimum absolute atomic E-state index is 0.174. The van der Waals surface area contributed by atoms with Gasteiger partial charge >= 0.3 is 12.1 Å². The second-order valence-electron chi connectivity index (χ2n) is 4.01. The summed E-state index contributed by atoms with van der Waals surface area (Å²) in [5.41, 5.74) is 0. The number of H-pyrrole nitrogens is 1. The molecule has 6 nitrogen and oxygen atoms in total. The van der Waals surface area contributed by atoms with Crippen molar-refractivity contribution in [3.63, 3.8) is 0 Å². The first kappa shape index (κ1) is 12.8. The number of aromatic amines is 1. The van der Waals surface area contributed by atoms with E-state index in [4.69, 9.17) is 0 Å². The van der Waals surface area contributed by atoms with E-state index in [-0.39, 0.29) is 18.3 Å². The molecular weight excluding hydrogens is 251 g/mol. The summed E-state index contributed by atoms with van der Waals surface area (Å²) in [6.45, 7) is 1.32. The number of hydrogen-bond acceptors (Lipinski definition) is 4. The number of alkyl halides is 3. The van der Waals surface area contributed by atoms with Gasteiger partial charge in [-0.2, -0.15) is 18.3 Å². The summed E-state index contributed by atoms with van der Waals surface area (Å²) in [4.78, 5) is 14.7. The zero-order valence-electron chi connectivity index (χ0n) is 9.34. The van der Waals surface area contributed by atoms with Crippen molar-refractivity contribution in [1.29, 1.82) is 0 Å². The quantitative estimate of drug-likeness (QED) is 0.720. The lowest BCUT2D eigenvalue weighted by Crippen LogP contribution is -2.36. The molecular formula is C9H12F3N5O. The Kier molecular flexibility index (Phi) is 3.50. The van der Waals surface area contributed by atoms with Crippen molar-refractivity contribution in [3.05, 3.63) is 11.6 Å². The van der Waals surface area contributed by atoms with Crippen LogP contribution in [-0.4, -0.2) is 40.4 Å². The molecule has 1 atom stereocenters. The molecule has 0 aromatic carbocycles. The van der Waals surface area contributed by atoms with Gasteiger partial charge < -0.3 is 10.6 Å². The van der Waals surface area contributed by atoms with Gasteiger partial charge in [0.05, 0.1) is 6.54 Å². The lowest BCUT2D eigenvalue weighted by Gasteiger charge is -2.05. The van der Waals surface area contributed by atoms with Crippen LogP contribution in [0.3, 0.4) is 0 Å². The molecule has 2 heterocycles. The zero-order valence-corrected chi connectivity index (χ0v) is 9.34. The molecule has 0 radical (unpaired) electrons. The van der Waals surface area contributed by atoms with Crippen LogP contribution in [0.15, 0.2) is 0 Å². The number of carbonyl (C=O) groups excluding carboxylic acids is 1. The molecule has 1 aromatic rings. The molecule has 0 saturated carbocycles. The molecule has 1 amide bonds. The fraction of sp³-hybridized carbons (Fsp3) is 0.667. The summed E-state index contributed by atoms with van der Waals surface area (Å²) in [7, 11) is 0. The van der Waals surface area contributed by atoms with Crippen LogP contribution in [0.1, 0.15) is 24.0 Å². The Bertz CT molecular complexity index is 424. The number of amides is 1. The topological polar surface area (TPSA) is 82.7 Å². The van der Waals surface area contributed by atoms with E-state index in [0.29, 0.717) is 5.82 Å². The van der Waals surface area contributed by atoms with Crippen LogP contribution >= 0.6 is 0 Å². The Balaban J connectivity index is 1.89. The standard InChI is InChI=1S/C9H12F3N5O/c10-9(11,12)8(18)14-4-6-15-7(17-16-6)5-1-2-13-3-5/h5,13H,1-4H2,(H,14,18)(H,15,16,17)/t5-/m1/s1. The lowest BCUT2D eigenvalue weighted by atomic mass is 10.1. The molecule has 1 aromatic heterocycles. The maximum absolute atomic E-state index is 11.9. The highest BCUT2D eigenvalue weighted by molar-refractivity contribution is 5.81. The molecule has 18 heavy (non-hydrogen) atoms. The van der Waals surface area contributed by atoms with Crippen molar-refractivity contribution in [2.45, 2.75) is 25.1 Å². The number of halogens is 3. The highest BCUT2D eigenvalue weighted by Crippen LogP contribution is 2.18. The average molecular weight is 263 g/mol. The number of hydrogen-bond donors (Lipinski definition) is 3. The molecule has 0 aliphatic carbocycles. The second-order valence-corrected chi connectivity index (χ2v) is 4.01. The Morgan fingerprint density at radius 1 is 1.50 bits per heavy atom. The molecule has 2 rings (SSSR count). The Morgan fingerprint density at radius 3 is 2.89 bits per heavy atom. The summed E-state index contributed by atoms with van der Waals surface area (Å²) >= 11 is 0. The third kappa shape index (κ3) is 2.97. The van der Waals surface area contributed by atoms with Crippen molar-refractivity contribution >= 4 is 5.91 Å². The molecule has 0 bridgehead atoms. The first-order valence-electron chi connectivity index (χ1n) is 5.43. The third-order valence-corrected chi connectivity index (χ3v) is 2.65. The Labute approximate surface area is 100 Å². The molecule has 1 saturated heterocycles. The van der Waals surface area contributed by atoms with Crippen LogP contribution < -0.4 is 10.6 Å². The molecule has 0 unspecified atom stereocenters. The smallest absolute Gasteiger partial charge is 0.341 e. The van der Waals surface area contributed by atoms with Gasteiger partial charge in [0.2, 0.25) is 0 Å². The van der Waals surface area contributed by atoms with Gasteiger partial charge in [0.15, 0.2) is 5.82 Å². The van der Waals surface area contributed by atoms with Crippen molar-refractivity contribution in [3.8, 4) is 0 Å². The fourth-order valence-electron chi connectivity index (χ4n) is 1.71. The SMILES string of the molecule is O=C(NCc1nc([C@@H]2CCNC2)n[nH]1)C(F)(F)F. The van der Waals surface area contributed by atoms with E-state index in [1.807, 2.05) is 0 Å². The summed E-state index contributed by atoms with van der Waals surface area (Å²) < 4.78 is 35.8. The van der Waals surface area contributed by atoms with Crippen molar-refractivity contribution < 1.29 is 18.0 Å². The number of nitrogens with zero attached hydrogens (tertiary/aromatic N) is 2. The second kappa shape index (κ2) is 4.92. The van der Waals surface area contributed by atoms with Gasteiger partial charge in [0, 0.05) is 12.5 Å². The largest absolute Gasteiger partial charge is 0.471 e. The van der Waals surface area contributed by atoms with Crippen LogP contribution in [0.2, 0.25) is 0 Å². The zero-order chi connectivity index (χ0) is 13.2. The van der Waals surface area contributed by atoms with Gasteiger partial charge in [0.25, 0.3) is 0 Å². The molecule has 100 valence electrons. The third-order valence-electron chi connectivity index (χ3n) is 2.65. The van der Waals surface area contributed by atoms with Crippen molar-refractivity contribution in [2.75, 3.05) is 13.1 Å². The van der Waals surface area contributed by atoms with Crippen molar-refractivity contribution in [2.24, 2.45) is 0 Å². The van der Waals surface area contributed by atoms with E-state index in [1.54, 1.807) is 5.32 Å². The highest BCUT2D eigenvalue weighted by atomic mass is 19.4. The molecule has 1 aliphatic heterocycles. The van der Waals surface area contributed by atoms with Crippen LogP contribution in [0, 0.1) is 0 Å². The van der Waals surface area contributed by atoms with Gasteiger partial charge in [-0.15, -0.1) is 0 Å². The van der Waals surface area contributed by atoms with E-state index in [1.165, 1.54) is 0 Å². The molecule has 9 heteroatoms. The Morgan fingerprint density at radius 2 is 2.28 bits per heavy atom.